The molecule has 0 amide bonds. The van der Waals surface area contributed by atoms with Gasteiger partial charge in [-0.25, -0.2) is 9.59 Å². The summed E-state index contributed by atoms with van der Waals surface area (Å²) in [5.74, 6) is -0.616. The summed E-state index contributed by atoms with van der Waals surface area (Å²) >= 11 is 0. The highest BCUT2D eigenvalue weighted by molar-refractivity contribution is 5.82. The minimum Gasteiger partial charge on any atom is -0.479 e. The number of aryl methyl sites for hydroxylation is 1. The SMILES string of the molecule is CC(Oc1ccc(-c2cc3c([nH]2)c(=O)n(C)c(=O)n3C)cc1)C(=O)O. The maximum atomic E-state index is 12.2. The van der Waals surface area contributed by atoms with Crippen LogP contribution in [0.4, 0.5) is 0 Å². The van der Waals surface area contributed by atoms with Crippen molar-refractivity contribution in [3.63, 3.8) is 0 Å². The molecule has 0 saturated carbocycles. The molecule has 25 heavy (non-hydrogen) atoms. The molecule has 1 unspecified atom stereocenters. The maximum absolute atomic E-state index is 12.2. The molecule has 3 aromatic rings. The second-order valence-corrected chi connectivity index (χ2v) is 5.77. The Bertz CT molecular complexity index is 1070. The predicted molar refractivity (Wildman–Crippen MR) is 91.9 cm³/mol. The number of hydrogen-bond acceptors (Lipinski definition) is 4. The fourth-order valence-electron chi connectivity index (χ4n) is 2.58. The number of nitrogens with zero attached hydrogens (tertiary/aromatic N) is 2. The Balaban J connectivity index is 2.01. The molecule has 130 valence electrons. The van der Waals surface area contributed by atoms with Crippen molar-refractivity contribution in [3.05, 3.63) is 51.2 Å². The molecule has 3 rings (SSSR count). The monoisotopic (exact) mass is 343 g/mol. The van der Waals surface area contributed by atoms with Crippen LogP contribution in [0.2, 0.25) is 0 Å². The lowest BCUT2D eigenvalue weighted by Crippen LogP contribution is -2.36. The summed E-state index contributed by atoms with van der Waals surface area (Å²) in [5.41, 5.74) is 1.53. The van der Waals surface area contributed by atoms with Crippen molar-refractivity contribution in [3.8, 4) is 17.0 Å². The highest BCUT2D eigenvalue weighted by atomic mass is 16.5. The zero-order chi connectivity index (χ0) is 18.3. The van der Waals surface area contributed by atoms with E-state index in [-0.39, 0.29) is 5.56 Å². The van der Waals surface area contributed by atoms with E-state index in [1.807, 2.05) is 0 Å². The van der Waals surface area contributed by atoms with Crippen molar-refractivity contribution >= 4 is 17.0 Å². The molecular formula is C17H17N3O5. The first kappa shape index (κ1) is 16.6. The molecule has 8 nitrogen and oxygen atoms in total. The third kappa shape index (κ3) is 2.82. The van der Waals surface area contributed by atoms with E-state index in [4.69, 9.17) is 9.84 Å². The van der Waals surface area contributed by atoms with Gasteiger partial charge in [-0.15, -0.1) is 0 Å². The van der Waals surface area contributed by atoms with Gasteiger partial charge in [0.1, 0.15) is 11.3 Å². The van der Waals surface area contributed by atoms with E-state index in [1.165, 1.54) is 18.5 Å². The third-order valence-corrected chi connectivity index (χ3v) is 4.08. The van der Waals surface area contributed by atoms with Crippen molar-refractivity contribution in [2.24, 2.45) is 14.1 Å². The summed E-state index contributed by atoms with van der Waals surface area (Å²) in [7, 11) is 3.03. The molecule has 2 heterocycles. The smallest absolute Gasteiger partial charge is 0.344 e. The summed E-state index contributed by atoms with van der Waals surface area (Å²) < 4.78 is 7.74. The largest absolute Gasteiger partial charge is 0.479 e. The van der Waals surface area contributed by atoms with Gasteiger partial charge in [0.2, 0.25) is 0 Å². The van der Waals surface area contributed by atoms with Crippen LogP contribution in [-0.2, 0) is 18.9 Å². The van der Waals surface area contributed by atoms with Gasteiger partial charge in [-0.3, -0.25) is 13.9 Å². The number of carboxylic acid groups (broad SMARTS) is 1. The number of hydrogen-bond donors (Lipinski definition) is 2. The van der Waals surface area contributed by atoms with E-state index in [0.29, 0.717) is 22.5 Å². The van der Waals surface area contributed by atoms with Gasteiger partial charge >= 0.3 is 11.7 Å². The first-order valence-electron chi connectivity index (χ1n) is 7.58. The molecule has 0 radical (unpaired) electrons. The quantitative estimate of drug-likeness (QED) is 0.737. The Morgan fingerprint density at radius 3 is 2.40 bits per heavy atom. The predicted octanol–water partition coefficient (Wildman–Crippen LogP) is 1.08. The van der Waals surface area contributed by atoms with Crippen LogP contribution in [-0.4, -0.2) is 31.3 Å². The average Bonchev–Trinajstić information content (AvgIpc) is 3.04. The Hall–Kier alpha value is -3.29. The number of carbonyl (C=O) groups is 1. The van der Waals surface area contributed by atoms with Gasteiger partial charge in [0.25, 0.3) is 5.56 Å². The molecule has 0 saturated heterocycles. The number of ether oxygens (including phenoxy) is 1. The fourth-order valence-corrected chi connectivity index (χ4v) is 2.58. The van der Waals surface area contributed by atoms with E-state index < -0.39 is 17.8 Å². The fraction of sp³-hybridized carbons (Fsp3) is 0.235. The van der Waals surface area contributed by atoms with Crippen LogP contribution in [0, 0.1) is 0 Å². The maximum Gasteiger partial charge on any atom is 0.344 e. The lowest BCUT2D eigenvalue weighted by molar-refractivity contribution is -0.144. The minimum atomic E-state index is -1.04. The van der Waals surface area contributed by atoms with Gasteiger partial charge in [-0.05, 0) is 42.8 Å². The molecule has 1 aromatic carbocycles. The van der Waals surface area contributed by atoms with Crippen molar-refractivity contribution < 1.29 is 14.6 Å². The minimum absolute atomic E-state index is 0.347. The Kier molecular flexibility index (Phi) is 3.96. The van der Waals surface area contributed by atoms with E-state index in [9.17, 15) is 14.4 Å². The summed E-state index contributed by atoms with van der Waals surface area (Å²) in [6, 6.07) is 8.52. The number of fused-ring (bicyclic) bond motifs is 1. The zero-order valence-corrected chi connectivity index (χ0v) is 13.9. The number of rotatable bonds is 4. The zero-order valence-electron chi connectivity index (χ0n) is 13.9. The third-order valence-electron chi connectivity index (χ3n) is 4.08. The molecule has 0 bridgehead atoms. The molecular weight excluding hydrogens is 326 g/mol. The van der Waals surface area contributed by atoms with Crippen LogP contribution in [0.5, 0.6) is 5.75 Å². The van der Waals surface area contributed by atoms with Gasteiger partial charge in [0.15, 0.2) is 6.10 Å². The van der Waals surface area contributed by atoms with Crippen LogP contribution in [0.1, 0.15) is 6.92 Å². The lowest BCUT2D eigenvalue weighted by atomic mass is 10.1. The number of aromatic amines is 1. The molecule has 2 aromatic heterocycles. The molecule has 8 heteroatoms. The number of aliphatic carboxylic acids is 1. The Morgan fingerprint density at radius 1 is 1.16 bits per heavy atom. The van der Waals surface area contributed by atoms with Crippen LogP contribution in [0.15, 0.2) is 39.9 Å². The van der Waals surface area contributed by atoms with Crippen LogP contribution < -0.4 is 16.0 Å². The number of H-pyrrole nitrogens is 1. The average molecular weight is 343 g/mol. The highest BCUT2D eigenvalue weighted by Crippen LogP contribution is 2.24. The second-order valence-electron chi connectivity index (χ2n) is 5.77. The molecule has 1 atom stereocenters. The first-order chi connectivity index (χ1) is 11.8. The van der Waals surface area contributed by atoms with Gasteiger partial charge in [0.05, 0.1) is 5.52 Å². The van der Waals surface area contributed by atoms with Crippen molar-refractivity contribution in [2.75, 3.05) is 0 Å². The van der Waals surface area contributed by atoms with Crippen molar-refractivity contribution in [2.45, 2.75) is 13.0 Å². The first-order valence-corrected chi connectivity index (χ1v) is 7.58. The van der Waals surface area contributed by atoms with Gasteiger partial charge in [0, 0.05) is 19.8 Å². The van der Waals surface area contributed by atoms with Gasteiger partial charge in [-0.2, -0.15) is 0 Å². The van der Waals surface area contributed by atoms with Crippen LogP contribution >= 0.6 is 0 Å². The summed E-state index contributed by atoms with van der Waals surface area (Å²) in [5, 5.41) is 8.86. The molecule has 0 aliphatic rings. The van der Waals surface area contributed by atoms with E-state index >= 15 is 0 Å². The highest BCUT2D eigenvalue weighted by Gasteiger charge is 2.14. The van der Waals surface area contributed by atoms with Crippen LogP contribution in [0.25, 0.3) is 22.3 Å². The van der Waals surface area contributed by atoms with E-state index in [1.54, 1.807) is 37.4 Å². The summed E-state index contributed by atoms with van der Waals surface area (Å²) in [6.07, 6.45) is -0.948. The Morgan fingerprint density at radius 2 is 1.80 bits per heavy atom. The number of nitrogens with one attached hydrogen (secondary N) is 1. The normalized spacial score (nSPS) is 12.3. The standard InChI is InChI=1S/C17H17N3O5/c1-9(16(22)23)25-11-6-4-10(5-7-11)12-8-13-14(18-12)15(21)20(3)17(24)19(13)2/h4-9,18H,1-3H3,(H,22,23). The van der Waals surface area contributed by atoms with Crippen molar-refractivity contribution in [1.29, 1.82) is 0 Å². The van der Waals surface area contributed by atoms with Gasteiger partial charge < -0.3 is 14.8 Å². The molecule has 0 spiro atoms. The van der Waals surface area contributed by atoms with Gasteiger partial charge in [-0.1, -0.05) is 0 Å². The number of aromatic nitrogens is 3. The van der Waals surface area contributed by atoms with E-state index in [2.05, 4.69) is 4.98 Å². The van der Waals surface area contributed by atoms with E-state index in [0.717, 1.165) is 10.1 Å². The van der Waals surface area contributed by atoms with Crippen LogP contribution in [0.3, 0.4) is 0 Å². The molecule has 0 fully saturated rings. The number of carboxylic acids is 1. The molecule has 0 aliphatic carbocycles. The second kappa shape index (κ2) is 5.97. The molecule has 2 N–H and O–H groups in total. The Labute approximate surface area is 141 Å². The lowest BCUT2D eigenvalue weighted by Gasteiger charge is -2.10. The number of benzene rings is 1. The topological polar surface area (TPSA) is 106 Å². The summed E-state index contributed by atoms with van der Waals surface area (Å²) in [4.78, 5) is 38.1. The molecule has 0 aliphatic heterocycles. The summed E-state index contributed by atoms with van der Waals surface area (Å²) in [6.45, 7) is 1.45. The van der Waals surface area contributed by atoms with Crippen molar-refractivity contribution in [1.82, 2.24) is 14.1 Å².